The quantitative estimate of drug-likeness (QED) is 0.887. The van der Waals surface area contributed by atoms with Gasteiger partial charge in [-0.1, -0.05) is 6.04 Å². The van der Waals surface area contributed by atoms with Crippen LogP contribution < -0.4 is 5.32 Å². The van der Waals surface area contributed by atoms with E-state index in [1.807, 2.05) is 0 Å². The monoisotopic (exact) mass is 302 g/mol. The minimum atomic E-state index is -3.80. The van der Waals surface area contributed by atoms with Gasteiger partial charge in [-0.15, -0.1) is 0 Å². The molecule has 0 radical (unpaired) electrons. The number of cyclic esters (lactones) is 1. The maximum atomic E-state index is 11.4. The van der Waals surface area contributed by atoms with E-state index in [9.17, 15) is 4.79 Å². The standard InChI is InChI=1S/C16H21N3O2/c1-19(2)6-5-12-9-17-15-4-3-11(8-14(12)15)7-13-10-21-16(20)18-13/h3-4,8-9,13,17H,5-7,10H2,1-2H3,(H,18,20)/t13-/m0/s1/i1D3,2D3,3D,4D,5D2,6D2,8D,9D,13D. The highest BCUT2D eigenvalue weighted by Crippen LogP contribution is 2.21. The van der Waals surface area contributed by atoms with Crippen molar-refractivity contribution in [3.05, 3.63) is 35.4 Å². The number of carbonyl (C=O) groups excluding carboxylic acids is 1. The Balaban J connectivity index is 2.31. The van der Waals surface area contributed by atoms with Crippen molar-refractivity contribution in [1.82, 2.24) is 15.2 Å². The lowest BCUT2D eigenvalue weighted by Crippen LogP contribution is -2.28. The Morgan fingerprint density at radius 2 is 2.52 bits per heavy atom. The van der Waals surface area contributed by atoms with Crippen molar-refractivity contribution in [3.8, 4) is 0 Å². The Morgan fingerprint density at radius 1 is 1.62 bits per heavy atom. The highest BCUT2D eigenvalue weighted by atomic mass is 16.6. The minimum Gasteiger partial charge on any atom is -0.447 e. The van der Waals surface area contributed by atoms with Crippen LogP contribution in [0.15, 0.2) is 24.3 Å². The summed E-state index contributed by atoms with van der Waals surface area (Å²) in [6.07, 6.45) is -5.89. The third-order valence-corrected chi connectivity index (χ3v) is 2.77. The average Bonchev–Trinajstić information content (AvgIpc) is 3.20. The predicted molar refractivity (Wildman–Crippen MR) is 82.5 cm³/mol. The normalized spacial score (nSPS) is 34.7. The van der Waals surface area contributed by atoms with Crippen molar-refractivity contribution in [2.24, 2.45) is 0 Å². The second kappa shape index (κ2) is 5.77. The van der Waals surface area contributed by atoms with Crippen LogP contribution in [0.25, 0.3) is 10.9 Å². The molecule has 1 aromatic carbocycles. The van der Waals surface area contributed by atoms with E-state index in [4.69, 9.17) is 25.3 Å². The van der Waals surface area contributed by atoms with Gasteiger partial charge in [0.15, 0.2) is 0 Å². The Morgan fingerprint density at radius 3 is 3.29 bits per heavy atom. The third kappa shape index (κ3) is 3.19. The van der Waals surface area contributed by atoms with Crippen LogP contribution >= 0.6 is 0 Å². The van der Waals surface area contributed by atoms with Crippen molar-refractivity contribution < 1.29 is 30.1 Å². The molecule has 5 nitrogen and oxygen atoms in total. The summed E-state index contributed by atoms with van der Waals surface area (Å²) in [4.78, 5) is 13.1. The van der Waals surface area contributed by atoms with Gasteiger partial charge in [0.05, 0.1) is 12.9 Å². The number of ether oxygens (including phenoxy) is 1. The number of fused-ring (bicyclic) bond motifs is 1. The fourth-order valence-corrected chi connectivity index (χ4v) is 1.89. The Kier molecular flexibility index (Phi) is 1.30. The molecule has 2 aromatic rings. The molecule has 1 aliphatic rings. The fourth-order valence-electron chi connectivity index (χ4n) is 1.89. The molecule has 1 aliphatic heterocycles. The zero-order chi connectivity index (χ0) is 27.8. The van der Waals surface area contributed by atoms with Gasteiger partial charge in [-0.05, 0) is 50.0 Å². The number of carbonyl (C=O) groups is 1. The van der Waals surface area contributed by atoms with Gasteiger partial charge in [0.25, 0.3) is 0 Å². The highest BCUT2D eigenvalue weighted by Gasteiger charge is 2.22. The number of likely N-dealkylation sites (N-methyl/N-ethyl adjacent to an activating group) is 1. The molecule has 112 valence electrons. The molecule has 0 spiro atoms. The minimum absolute atomic E-state index is 0.326. The van der Waals surface area contributed by atoms with Gasteiger partial charge in [0.1, 0.15) is 6.61 Å². The molecule has 1 atom stereocenters. The van der Waals surface area contributed by atoms with Crippen LogP contribution in [0, 0.1) is 0 Å². The summed E-state index contributed by atoms with van der Waals surface area (Å²) < 4.78 is 125. The molecule has 0 unspecified atom stereocenters. The summed E-state index contributed by atoms with van der Waals surface area (Å²) in [6.45, 7) is -11.5. The molecule has 2 heterocycles. The van der Waals surface area contributed by atoms with E-state index in [1.54, 1.807) is 0 Å². The van der Waals surface area contributed by atoms with Crippen LogP contribution in [0.4, 0.5) is 4.79 Å². The van der Waals surface area contributed by atoms with Crippen molar-refractivity contribution in [2.45, 2.75) is 18.8 Å². The number of alkyl carbamates (subject to hydrolysis) is 1. The first kappa shape index (κ1) is 4.74. The highest BCUT2D eigenvalue weighted by molar-refractivity contribution is 5.84. The zero-order valence-electron chi connectivity index (χ0n) is 25.7. The van der Waals surface area contributed by atoms with Gasteiger partial charge in [0, 0.05) is 37.3 Å². The lowest BCUT2D eigenvalue weighted by molar-refractivity contribution is 0.177. The number of nitrogens with one attached hydrogen (secondary N) is 2. The number of nitrogens with zero attached hydrogens (tertiary/aromatic N) is 1. The molecule has 0 aliphatic carbocycles. The van der Waals surface area contributed by atoms with Crippen LogP contribution in [0.5, 0.6) is 0 Å². The lowest BCUT2D eigenvalue weighted by Gasteiger charge is -2.09. The molecule has 1 saturated heterocycles. The van der Waals surface area contributed by atoms with Crippen LogP contribution in [0.2, 0.25) is 0 Å². The number of amides is 1. The molecular formula is C16H21N3O2. The Bertz CT molecular complexity index is 1200. The molecular weight excluding hydrogens is 266 g/mol. The van der Waals surface area contributed by atoms with Crippen LogP contribution in [-0.2, 0) is 17.5 Å². The summed E-state index contributed by atoms with van der Waals surface area (Å²) in [6, 6.07) is -3.74. The van der Waals surface area contributed by atoms with E-state index in [-0.39, 0.29) is 5.56 Å². The molecule has 0 bridgehead atoms. The number of aryl methyl sites for hydroxylation is 1. The SMILES string of the molecule is [2H]c1[nH]c2c([2H])c([2H])c(C[C@@]3([2H])COC(=O)N3)c([2H])c2c1C([2H])([2H])C([2H])([2H])N(C([2H])([2H])[2H])C([2H])([2H])[2H]. The fraction of sp³-hybridized carbons (Fsp3) is 0.438. The number of aromatic nitrogens is 1. The van der Waals surface area contributed by atoms with Gasteiger partial charge in [-0.3, -0.25) is 0 Å². The van der Waals surface area contributed by atoms with Gasteiger partial charge < -0.3 is 19.9 Å². The van der Waals surface area contributed by atoms with Crippen LogP contribution in [0.3, 0.4) is 0 Å². The van der Waals surface area contributed by atoms with Crippen LogP contribution in [-0.4, -0.2) is 49.1 Å². The maximum absolute atomic E-state index is 11.4. The van der Waals surface area contributed by atoms with E-state index in [0.29, 0.717) is 0 Å². The summed E-state index contributed by atoms with van der Waals surface area (Å²) in [5, 5.41) is 1.63. The van der Waals surface area contributed by atoms with E-state index < -0.39 is 97.6 Å². The molecule has 0 saturated carbocycles. The topological polar surface area (TPSA) is 57.4 Å². The second-order valence-corrected chi connectivity index (χ2v) is 4.28. The summed E-state index contributed by atoms with van der Waals surface area (Å²) >= 11 is 0. The largest absolute Gasteiger partial charge is 0.447 e. The van der Waals surface area contributed by atoms with E-state index in [0.717, 1.165) is 0 Å². The molecule has 3 rings (SSSR count). The lowest BCUT2D eigenvalue weighted by atomic mass is 10.0. The zero-order valence-corrected chi connectivity index (χ0v) is 10.7. The van der Waals surface area contributed by atoms with Crippen molar-refractivity contribution in [1.29, 1.82) is 0 Å². The first-order valence-electron chi connectivity index (χ1n) is 13.4. The van der Waals surface area contributed by atoms with Crippen molar-refractivity contribution in [2.75, 3.05) is 27.1 Å². The second-order valence-electron chi connectivity index (χ2n) is 4.28. The molecule has 1 fully saturated rings. The number of benzene rings is 1. The van der Waals surface area contributed by atoms with Crippen molar-refractivity contribution in [3.63, 3.8) is 0 Å². The molecule has 1 aromatic heterocycles. The summed E-state index contributed by atoms with van der Waals surface area (Å²) in [5.74, 6) is 0. The van der Waals surface area contributed by atoms with E-state index in [2.05, 4.69) is 10.3 Å². The summed E-state index contributed by atoms with van der Waals surface area (Å²) in [7, 11) is 0. The van der Waals surface area contributed by atoms with E-state index in [1.165, 1.54) is 0 Å². The number of hydrogen-bond acceptors (Lipinski definition) is 3. The van der Waals surface area contributed by atoms with Gasteiger partial charge >= 0.3 is 6.09 Å². The average molecular weight is 302 g/mol. The third-order valence-electron chi connectivity index (χ3n) is 2.77. The molecule has 2 N–H and O–H groups in total. The Labute approximate surface area is 145 Å². The van der Waals surface area contributed by atoms with Gasteiger partial charge in [0.2, 0.25) is 0 Å². The molecule has 5 heteroatoms. The smallest absolute Gasteiger partial charge is 0.407 e. The number of H-pyrrole nitrogens is 1. The predicted octanol–water partition coefficient (Wildman–Crippen LogP) is 1.92. The summed E-state index contributed by atoms with van der Waals surface area (Å²) in [5.41, 5.74) is -1.67. The molecule has 21 heavy (non-hydrogen) atoms. The van der Waals surface area contributed by atoms with E-state index >= 15 is 0 Å². The number of rotatable bonds is 5. The van der Waals surface area contributed by atoms with Crippen LogP contribution in [0.1, 0.15) is 31.7 Å². The van der Waals surface area contributed by atoms with Gasteiger partial charge in [-0.25, -0.2) is 4.79 Å². The number of aromatic amines is 1. The Hall–Kier alpha value is -2.01. The first-order valence-corrected chi connectivity index (χ1v) is 5.93. The van der Waals surface area contributed by atoms with Gasteiger partial charge in [-0.2, -0.15) is 0 Å². The number of hydrogen-bond donors (Lipinski definition) is 2. The maximum Gasteiger partial charge on any atom is 0.407 e. The van der Waals surface area contributed by atoms with Crippen molar-refractivity contribution >= 4 is 17.0 Å². The first-order chi connectivity index (χ1) is 16.1. The molecule has 1 amide bonds.